The van der Waals surface area contributed by atoms with E-state index in [1.165, 1.54) is 14.0 Å². The number of aliphatic hydroxyl groups excluding tert-OH is 6. The van der Waals surface area contributed by atoms with Crippen LogP contribution >= 0.6 is 0 Å². The number of carbonyl (C=O) groups is 3. The summed E-state index contributed by atoms with van der Waals surface area (Å²) in [6.07, 6.45) is -14.3. The molecule has 3 saturated heterocycles. The number of aliphatic hydroxyl groups is 8. The van der Waals surface area contributed by atoms with Gasteiger partial charge in [0.25, 0.3) is 0 Å². The zero-order valence-corrected chi connectivity index (χ0v) is 41.7. The summed E-state index contributed by atoms with van der Waals surface area (Å²) in [5, 5.41) is 90.4. The third kappa shape index (κ3) is 9.01. The Hall–Kier alpha value is -3.09. The number of allylic oxidation sites excluding steroid dienone is 1. The zero-order valence-electron chi connectivity index (χ0n) is 41.7. The molecule has 0 amide bonds. The smallest absolute Gasteiger partial charge is 0.333 e. The average Bonchev–Trinajstić information content (AvgIpc) is 3.64. The molecule has 3 aliphatic heterocycles. The van der Waals surface area contributed by atoms with Gasteiger partial charge in [-0.2, -0.15) is 0 Å². The van der Waals surface area contributed by atoms with Gasteiger partial charge in [0.15, 0.2) is 24.7 Å². The molecular weight excluding hydrogens is 929 g/mol. The lowest BCUT2D eigenvalue weighted by atomic mass is 9.39. The highest BCUT2D eigenvalue weighted by Gasteiger charge is 2.80. The van der Waals surface area contributed by atoms with E-state index in [4.69, 9.17) is 37.9 Å². The topological polar surface area (TPSA) is 287 Å². The number of esters is 1. The van der Waals surface area contributed by atoms with Gasteiger partial charge in [-0.3, -0.25) is 9.59 Å². The van der Waals surface area contributed by atoms with Crippen LogP contribution in [0.25, 0.3) is 0 Å². The molecule has 0 aromatic heterocycles. The number of ketones is 2. The lowest BCUT2D eigenvalue weighted by molar-refractivity contribution is -0.370. The molecule has 8 rings (SSSR count). The number of carbonyl (C=O) groups excluding carboxylic acids is 3. The number of rotatable bonds is 13. The fourth-order valence-electron chi connectivity index (χ4n) is 13.7. The molecule has 6 fully saturated rings. The van der Waals surface area contributed by atoms with Gasteiger partial charge in [0.05, 0.1) is 36.9 Å². The lowest BCUT2D eigenvalue weighted by Gasteiger charge is -2.68. The predicted molar refractivity (Wildman–Crippen MR) is 248 cm³/mol. The highest BCUT2D eigenvalue weighted by atomic mass is 16.8. The highest BCUT2D eigenvalue weighted by Crippen LogP contribution is 2.72. The third-order valence-corrected chi connectivity index (χ3v) is 17.7. The Morgan fingerprint density at radius 1 is 0.817 bits per heavy atom. The summed E-state index contributed by atoms with van der Waals surface area (Å²) in [6, 6.07) is 8.63. The van der Waals surface area contributed by atoms with Crippen molar-refractivity contribution in [3.63, 3.8) is 0 Å². The molecule has 4 aliphatic carbocycles. The Labute approximate surface area is 414 Å². The molecule has 19 heteroatoms. The average molecular weight is 1000 g/mol. The molecule has 3 heterocycles. The van der Waals surface area contributed by atoms with Crippen molar-refractivity contribution in [1.82, 2.24) is 0 Å². The minimum atomic E-state index is -1.94. The summed E-state index contributed by atoms with van der Waals surface area (Å²) >= 11 is 0. The van der Waals surface area contributed by atoms with Crippen LogP contribution in [0.4, 0.5) is 0 Å². The van der Waals surface area contributed by atoms with E-state index in [9.17, 15) is 50.4 Å². The molecule has 8 N–H and O–H groups in total. The van der Waals surface area contributed by atoms with Crippen LogP contribution in [0.3, 0.4) is 0 Å². The summed E-state index contributed by atoms with van der Waals surface area (Å²) in [7, 11) is 1.32. The van der Waals surface area contributed by atoms with Crippen molar-refractivity contribution in [1.29, 1.82) is 0 Å². The van der Waals surface area contributed by atoms with E-state index in [1.807, 2.05) is 13.0 Å². The first-order chi connectivity index (χ1) is 33.5. The maximum absolute atomic E-state index is 15.3. The zero-order chi connectivity index (χ0) is 51.7. The molecule has 71 heavy (non-hydrogen) atoms. The van der Waals surface area contributed by atoms with Gasteiger partial charge in [-0.1, -0.05) is 61.9 Å². The van der Waals surface area contributed by atoms with E-state index in [-0.39, 0.29) is 37.2 Å². The quantitative estimate of drug-likeness (QED) is 0.0602. The molecule has 0 unspecified atom stereocenters. The molecule has 3 saturated carbocycles. The van der Waals surface area contributed by atoms with Crippen LogP contribution in [-0.4, -0.2) is 182 Å². The normalized spacial score (nSPS) is 47.9. The summed E-state index contributed by atoms with van der Waals surface area (Å²) in [5.74, 6) is -4.23. The molecule has 0 radical (unpaired) electrons. The first-order valence-corrected chi connectivity index (χ1v) is 25.1. The Morgan fingerprint density at radius 3 is 2.11 bits per heavy atom. The van der Waals surface area contributed by atoms with E-state index in [1.54, 1.807) is 71.0 Å². The van der Waals surface area contributed by atoms with E-state index in [2.05, 4.69) is 0 Å². The lowest BCUT2D eigenvalue weighted by Crippen LogP contribution is -2.79. The number of fused-ring (bicyclic) bond motifs is 5. The maximum atomic E-state index is 15.3. The second kappa shape index (κ2) is 20.6. The van der Waals surface area contributed by atoms with Crippen molar-refractivity contribution >= 4 is 17.5 Å². The molecule has 0 bridgehead atoms. The van der Waals surface area contributed by atoms with Crippen molar-refractivity contribution < 1.29 is 93.1 Å². The highest BCUT2D eigenvalue weighted by molar-refractivity contribution is 5.99. The Morgan fingerprint density at radius 2 is 1.48 bits per heavy atom. The van der Waals surface area contributed by atoms with Crippen LogP contribution in [0.5, 0.6) is 0 Å². The van der Waals surface area contributed by atoms with Gasteiger partial charge in [0, 0.05) is 41.9 Å². The molecule has 19 nitrogen and oxygen atoms in total. The summed E-state index contributed by atoms with van der Waals surface area (Å²) in [4.78, 5) is 42.7. The summed E-state index contributed by atoms with van der Waals surface area (Å²) < 4.78 is 48.6. The number of Topliss-reactive ketones (excluding diaryl/α,β-unsaturated/α-hetero) is 2. The van der Waals surface area contributed by atoms with E-state index in [0.717, 1.165) is 5.57 Å². The summed E-state index contributed by atoms with van der Waals surface area (Å²) in [6.45, 7) is 11.0. The van der Waals surface area contributed by atoms with Gasteiger partial charge >= 0.3 is 5.97 Å². The monoisotopic (exact) mass is 1000 g/mol. The Balaban J connectivity index is 0.989. The summed E-state index contributed by atoms with van der Waals surface area (Å²) in [5.41, 5.74) is -4.79. The second-order valence-electron chi connectivity index (χ2n) is 21.5. The van der Waals surface area contributed by atoms with E-state index < -0.39 is 151 Å². The van der Waals surface area contributed by atoms with Crippen LogP contribution in [0, 0.1) is 28.6 Å². The van der Waals surface area contributed by atoms with Gasteiger partial charge in [-0.15, -0.1) is 0 Å². The predicted octanol–water partition coefficient (Wildman–Crippen LogP) is 1.55. The third-order valence-electron chi connectivity index (χ3n) is 17.7. The van der Waals surface area contributed by atoms with Crippen LogP contribution < -0.4 is 0 Å². The van der Waals surface area contributed by atoms with Gasteiger partial charge in [0.1, 0.15) is 71.9 Å². The number of benzene rings is 1. The minimum Gasteiger partial charge on any atom is -0.458 e. The largest absolute Gasteiger partial charge is 0.458 e. The Kier molecular flexibility index (Phi) is 15.7. The molecular formula is C52H74O19. The number of ether oxygens (including phenoxy) is 8. The van der Waals surface area contributed by atoms with Crippen molar-refractivity contribution in [3.05, 3.63) is 59.2 Å². The molecule has 7 aliphatic rings. The molecule has 396 valence electrons. The van der Waals surface area contributed by atoms with E-state index >= 15 is 4.79 Å². The first kappa shape index (κ1) is 54.2. The van der Waals surface area contributed by atoms with Crippen LogP contribution in [0.2, 0.25) is 0 Å². The second-order valence-corrected chi connectivity index (χ2v) is 21.5. The molecule has 0 spiro atoms. The fourth-order valence-corrected chi connectivity index (χ4v) is 13.7. The van der Waals surface area contributed by atoms with Crippen molar-refractivity contribution in [2.24, 2.45) is 28.6 Å². The number of hydrogen-bond donors (Lipinski definition) is 8. The van der Waals surface area contributed by atoms with Crippen LogP contribution in [-0.2, 0) is 47.5 Å². The minimum absolute atomic E-state index is 0.0195. The van der Waals surface area contributed by atoms with Gasteiger partial charge < -0.3 is 78.7 Å². The molecule has 1 aromatic rings. The fraction of sp³-hybridized carbons (Fsp3) is 0.750. The number of methoxy groups -OCH3 is 1. The van der Waals surface area contributed by atoms with Crippen molar-refractivity contribution in [2.45, 2.75) is 203 Å². The maximum Gasteiger partial charge on any atom is 0.333 e. The first-order valence-electron chi connectivity index (χ1n) is 25.1. The van der Waals surface area contributed by atoms with Crippen molar-refractivity contribution in [3.8, 4) is 0 Å². The molecule has 23 atom stereocenters. The van der Waals surface area contributed by atoms with Gasteiger partial charge in [-0.05, 0) is 78.6 Å². The van der Waals surface area contributed by atoms with Gasteiger partial charge in [-0.25, -0.2) is 4.79 Å². The SMILES string of the molecule is C/C=C(/C)C(=O)O[C@@H]1[C@@H](C(=O)c2ccccc2)[C@@H]2[C@@]3(C)CC[C@H](O[C@H]4C[C@H](O)[C@H](O[C@@H]5O[C@H](C)[C@@H](O[C@@H]6O[C@H](CO)[C@@H](O)[C@H](O)[C@H]6O)[C@@H](OC)[C@H]5O)[C@@H](C)O4)CC3=CC[C@@]2(O)[C@@]2(O)CC[C@H](C(C)=O)[C@@]12C. The standard InChI is InChI=1S/C52H74O19/c1-9-24(2)46(61)71-45-35(36(56)28-13-11-10-12-14-28)44-49(6)18-16-30(21-29(49)15-19-51(44,62)52(63)20-17-31(25(3)54)50(45,52)7)67-34-22-32(55)41(26(4)65-34)69-48-40(60)43(64-8)42(27(5)66-48)70-47-39(59)38(58)37(57)33(23-53)68-47/h9-15,26-27,30-35,37-45,47-48,53,55,57-60,62-63H,16-23H2,1-8H3/b24-9-/t26-,27-,30+,31-,32+,33-,34+,35+,37-,38+,39-,40-,41-,42-,43+,44-,45-,47+,48+,49+,50+,51+,52-/m1/s1. The molecule has 1 aromatic carbocycles. The number of hydrogen-bond acceptors (Lipinski definition) is 19. The van der Waals surface area contributed by atoms with Crippen molar-refractivity contribution in [2.75, 3.05) is 13.7 Å². The van der Waals surface area contributed by atoms with Crippen LogP contribution in [0.15, 0.2) is 53.6 Å². The van der Waals surface area contributed by atoms with Gasteiger partial charge in [0.2, 0.25) is 0 Å². The Bertz CT molecular complexity index is 2160. The van der Waals surface area contributed by atoms with E-state index in [0.29, 0.717) is 30.4 Å². The van der Waals surface area contributed by atoms with Crippen LogP contribution in [0.1, 0.15) is 104 Å².